The normalized spacial score (nSPS) is 17.6. The molecule has 0 spiro atoms. The summed E-state index contributed by atoms with van der Waals surface area (Å²) in [6.45, 7) is 0. The van der Waals surface area contributed by atoms with E-state index in [4.69, 9.17) is 17.3 Å². The van der Waals surface area contributed by atoms with Crippen molar-refractivity contribution in [2.75, 3.05) is 5.73 Å². The van der Waals surface area contributed by atoms with Gasteiger partial charge in [0.25, 0.3) is 5.91 Å². The lowest BCUT2D eigenvalue weighted by molar-refractivity contribution is 0.0932. The number of nitrogens with zero attached hydrogens (tertiary/aromatic N) is 1. The van der Waals surface area contributed by atoms with E-state index < -0.39 is 0 Å². The number of aryl methyl sites for hydroxylation is 1. The Hall–Kier alpha value is -1.59. The van der Waals surface area contributed by atoms with Crippen molar-refractivity contribution in [3.05, 3.63) is 44.7 Å². The van der Waals surface area contributed by atoms with Crippen LogP contribution in [0.5, 0.6) is 0 Å². The minimum Gasteiger partial charge on any atom is -0.382 e. The van der Waals surface area contributed by atoms with E-state index in [-0.39, 0.29) is 17.8 Å². The number of rotatable bonds is 2. The molecular weight excluding hydrogens is 294 g/mol. The molecule has 0 fully saturated rings. The summed E-state index contributed by atoms with van der Waals surface area (Å²) in [7, 11) is 0. The Morgan fingerprint density at radius 2 is 2.40 bits per heavy atom. The van der Waals surface area contributed by atoms with Gasteiger partial charge in [-0.2, -0.15) is 0 Å². The highest BCUT2D eigenvalue weighted by Gasteiger charge is 2.23. The molecule has 0 radical (unpaired) electrons. The lowest BCUT2D eigenvalue weighted by Crippen LogP contribution is -2.30. The number of pyridine rings is 1. The SMILES string of the molecule is Nc1ncc(C(=O)NC2CCCc3sccc32)cc1Cl. The van der Waals surface area contributed by atoms with Crippen LogP contribution in [0.4, 0.5) is 5.82 Å². The monoisotopic (exact) mass is 307 g/mol. The van der Waals surface area contributed by atoms with Crippen LogP contribution in [0.1, 0.15) is 39.7 Å². The van der Waals surface area contributed by atoms with E-state index in [0.717, 1.165) is 19.3 Å². The first-order valence-electron chi connectivity index (χ1n) is 6.43. The molecule has 1 aliphatic carbocycles. The van der Waals surface area contributed by atoms with Crippen LogP contribution < -0.4 is 11.1 Å². The summed E-state index contributed by atoms with van der Waals surface area (Å²) in [5.41, 5.74) is 7.23. The summed E-state index contributed by atoms with van der Waals surface area (Å²) in [4.78, 5) is 17.5. The highest BCUT2D eigenvalue weighted by molar-refractivity contribution is 7.10. The molecule has 0 saturated carbocycles. The first-order valence-corrected chi connectivity index (χ1v) is 7.69. The summed E-state index contributed by atoms with van der Waals surface area (Å²) in [5.74, 6) is 0.0736. The standard InChI is InChI=1S/C14H14ClN3OS/c15-10-6-8(7-17-13(10)16)14(19)18-11-2-1-3-12-9(11)4-5-20-12/h4-7,11H,1-3H2,(H2,16,17)(H,18,19). The van der Waals surface area contributed by atoms with Gasteiger partial charge in [0.2, 0.25) is 0 Å². The molecular formula is C14H14ClN3OS. The number of nitrogens with two attached hydrogens (primary N) is 1. The van der Waals surface area contributed by atoms with Gasteiger partial charge < -0.3 is 11.1 Å². The molecule has 1 amide bonds. The summed E-state index contributed by atoms with van der Waals surface area (Å²) in [6.07, 6.45) is 4.62. The smallest absolute Gasteiger partial charge is 0.253 e. The first-order chi connectivity index (χ1) is 9.65. The fourth-order valence-corrected chi connectivity index (χ4v) is 3.60. The Morgan fingerprint density at radius 3 is 3.20 bits per heavy atom. The van der Waals surface area contributed by atoms with Crippen molar-refractivity contribution in [3.8, 4) is 0 Å². The van der Waals surface area contributed by atoms with Gasteiger partial charge in [-0.25, -0.2) is 4.98 Å². The van der Waals surface area contributed by atoms with Gasteiger partial charge in [0.1, 0.15) is 5.82 Å². The molecule has 1 aliphatic rings. The second-order valence-corrected chi connectivity index (χ2v) is 6.22. The van der Waals surface area contributed by atoms with Crippen LogP contribution in [0, 0.1) is 0 Å². The van der Waals surface area contributed by atoms with E-state index in [9.17, 15) is 4.79 Å². The van der Waals surface area contributed by atoms with Crippen molar-refractivity contribution in [2.24, 2.45) is 0 Å². The van der Waals surface area contributed by atoms with Crippen molar-refractivity contribution >= 4 is 34.7 Å². The topological polar surface area (TPSA) is 68.0 Å². The molecule has 0 aromatic carbocycles. The first kappa shape index (κ1) is 13.4. The zero-order chi connectivity index (χ0) is 14.1. The van der Waals surface area contributed by atoms with E-state index in [2.05, 4.69) is 21.7 Å². The number of carbonyl (C=O) groups excluding carboxylic acids is 1. The van der Waals surface area contributed by atoms with Crippen LogP contribution in [0.25, 0.3) is 0 Å². The number of hydrogen-bond acceptors (Lipinski definition) is 4. The maximum atomic E-state index is 12.3. The molecule has 1 unspecified atom stereocenters. The average Bonchev–Trinajstić information content (AvgIpc) is 2.91. The number of halogens is 1. The van der Waals surface area contributed by atoms with Crippen LogP contribution >= 0.6 is 22.9 Å². The van der Waals surface area contributed by atoms with Crippen LogP contribution in [0.3, 0.4) is 0 Å². The number of amides is 1. The molecule has 20 heavy (non-hydrogen) atoms. The van der Waals surface area contributed by atoms with E-state index in [1.165, 1.54) is 16.6 Å². The molecule has 0 bridgehead atoms. The van der Waals surface area contributed by atoms with Crippen LogP contribution in [-0.4, -0.2) is 10.9 Å². The fourth-order valence-electron chi connectivity index (χ4n) is 2.45. The Bertz CT molecular complexity index is 656. The van der Waals surface area contributed by atoms with Crippen molar-refractivity contribution in [2.45, 2.75) is 25.3 Å². The van der Waals surface area contributed by atoms with E-state index in [0.29, 0.717) is 10.6 Å². The molecule has 3 rings (SSSR count). The van der Waals surface area contributed by atoms with Crippen molar-refractivity contribution in [3.63, 3.8) is 0 Å². The van der Waals surface area contributed by atoms with E-state index >= 15 is 0 Å². The maximum absolute atomic E-state index is 12.3. The second-order valence-electron chi connectivity index (χ2n) is 4.81. The van der Waals surface area contributed by atoms with Crippen molar-refractivity contribution in [1.29, 1.82) is 0 Å². The number of fused-ring (bicyclic) bond motifs is 1. The van der Waals surface area contributed by atoms with Gasteiger partial charge in [-0.3, -0.25) is 4.79 Å². The molecule has 2 aromatic heterocycles. The molecule has 2 heterocycles. The van der Waals surface area contributed by atoms with Crippen molar-refractivity contribution < 1.29 is 4.79 Å². The maximum Gasteiger partial charge on any atom is 0.253 e. The highest BCUT2D eigenvalue weighted by Crippen LogP contribution is 2.33. The third kappa shape index (κ3) is 2.51. The average molecular weight is 308 g/mol. The number of hydrogen-bond donors (Lipinski definition) is 2. The Kier molecular flexibility index (Phi) is 3.63. The molecule has 6 heteroatoms. The van der Waals surface area contributed by atoms with E-state index in [1.54, 1.807) is 17.4 Å². The fraction of sp³-hybridized carbons (Fsp3) is 0.286. The predicted molar refractivity (Wildman–Crippen MR) is 81.1 cm³/mol. The summed E-state index contributed by atoms with van der Waals surface area (Å²) < 4.78 is 0. The van der Waals surface area contributed by atoms with Crippen molar-refractivity contribution in [1.82, 2.24) is 10.3 Å². The number of thiophene rings is 1. The number of anilines is 1. The van der Waals surface area contributed by atoms with E-state index in [1.807, 2.05) is 0 Å². The highest BCUT2D eigenvalue weighted by atomic mass is 35.5. The third-order valence-electron chi connectivity index (χ3n) is 3.49. The minimum atomic E-state index is -0.163. The Labute approximate surface area is 126 Å². The summed E-state index contributed by atoms with van der Waals surface area (Å²) >= 11 is 7.65. The molecule has 1 atom stereocenters. The summed E-state index contributed by atoms with van der Waals surface area (Å²) in [5, 5.41) is 5.44. The van der Waals surface area contributed by atoms with Gasteiger partial charge in [-0.1, -0.05) is 11.6 Å². The van der Waals surface area contributed by atoms with Gasteiger partial charge in [0, 0.05) is 11.1 Å². The molecule has 4 nitrogen and oxygen atoms in total. The van der Waals surface area contributed by atoms with Gasteiger partial charge in [-0.05, 0) is 42.3 Å². The number of carbonyl (C=O) groups is 1. The molecule has 104 valence electrons. The van der Waals surface area contributed by atoms with Gasteiger partial charge in [0.15, 0.2) is 0 Å². The van der Waals surface area contributed by atoms with Gasteiger partial charge >= 0.3 is 0 Å². The zero-order valence-corrected chi connectivity index (χ0v) is 12.3. The summed E-state index contributed by atoms with van der Waals surface area (Å²) in [6, 6.07) is 3.73. The molecule has 0 saturated heterocycles. The molecule has 2 aromatic rings. The zero-order valence-electron chi connectivity index (χ0n) is 10.7. The number of nitrogen functional groups attached to an aromatic ring is 1. The van der Waals surface area contributed by atoms with Crippen LogP contribution in [0.2, 0.25) is 5.02 Å². The Morgan fingerprint density at radius 1 is 1.55 bits per heavy atom. The second kappa shape index (κ2) is 5.42. The predicted octanol–water partition coefficient (Wildman–Crippen LogP) is 3.19. The number of nitrogens with one attached hydrogen (secondary N) is 1. The molecule has 3 N–H and O–H groups in total. The minimum absolute atomic E-state index is 0.0776. The lowest BCUT2D eigenvalue weighted by Gasteiger charge is -2.23. The van der Waals surface area contributed by atoms with Gasteiger partial charge in [-0.15, -0.1) is 11.3 Å². The quantitative estimate of drug-likeness (QED) is 0.895. The Balaban J connectivity index is 1.79. The van der Waals surface area contributed by atoms with Gasteiger partial charge in [0.05, 0.1) is 16.6 Å². The number of aromatic nitrogens is 1. The third-order valence-corrected chi connectivity index (χ3v) is 4.79. The largest absolute Gasteiger partial charge is 0.382 e. The van der Waals surface area contributed by atoms with Crippen LogP contribution in [0.15, 0.2) is 23.7 Å². The lowest BCUT2D eigenvalue weighted by atomic mass is 9.94. The molecule has 0 aliphatic heterocycles. The van der Waals surface area contributed by atoms with Crippen LogP contribution in [-0.2, 0) is 6.42 Å².